The van der Waals surface area contributed by atoms with Crippen LogP contribution in [0.25, 0.3) is 0 Å². The summed E-state index contributed by atoms with van der Waals surface area (Å²) in [6.07, 6.45) is 5.26. The number of benzene rings is 1. The lowest BCUT2D eigenvalue weighted by molar-refractivity contribution is -0.138. The van der Waals surface area contributed by atoms with E-state index in [9.17, 15) is 9.59 Å². The zero-order valence-corrected chi connectivity index (χ0v) is 14.6. The fraction of sp³-hybridized carbons (Fsp3) is 0.368. The van der Waals surface area contributed by atoms with Crippen LogP contribution >= 0.6 is 11.8 Å². The van der Waals surface area contributed by atoms with Crippen molar-refractivity contribution in [1.29, 1.82) is 0 Å². The van der Waals surface area contributed by atoms with E-state index in [0.717, 1.165) is 31.4 Å². The third-order valence-corrected chi connectivity index (χ3v) is 5.41. The van der Waals surface area contributed by atoms with Crippen molar-refractivity contribution in [2.75, 3.05) is 6.61 Å². The molecule has 0 bridgehead atoms. The number of Topliss-reactive ketones (excluding diaryl/α,β-unsaturated/α-hetero) is 1. The summed E-state index contributed by atoms with van der Waals surface area (Å²) >= 11 is 1.44. The van der Waals surface area contributed by atoms with Crippen LogP contribution in [0.4, 0.5) is 0 Å². The van der Waals surface area contributed by atoms with Gasteiger partial charge in [0.1, 0.15) is 5.70 Å². The Morgan fingerprint density at radius 3 is 2.62 bits per heavy atom. The van der Waals surface area contributed by atoms with Gasteiger partial charge in [0.05, 0.1) is 11.5 Å². The Kier molecular flexibility index (Phi) is 5.41. The highest BCUT2D eigenvalue weighted by Gasteiger charge is 2.31. The van der Waals surface area contributed by atoms with Crippen molar-refractivity contribution in [1.82, 2.24) is 5.32 Å². The predicted molar refractivity (Wildman–Crippen MR) is 95.3 cm³/mol. The van der Waals surface area contributed by atoms with E-state index in [1.807, 2.05) is 18.2 Å². The first kappa shape index (κ1) is 16.8. The number of hydrogen-bond acceptors (Lipinski definition) is 5. The topological polar surface area (TPSA) is 55.4 Å². The largest absolute Gasteiger partial charge is 0.461 e. The van der Waals surface area contributed by atoms with E-state index in [1.54, 1.807) is 19.1 Å². The molecule has 4 nitrogen and oxygen atoms in total. The van der Waals surface area contributed by atoms with E-state index in [2.05, 4.69) is 5.32 Å². The Hall–Kier alpha value is -2.01. The Labute approximate surface area is 146 Å². The van der Waals surface area contributed by atoms with Crippen molar-refractivity contribution in [2.45, 2.75) is 39.0 Å². The first-order valence-electron chi connectivity index (χ1n) is 8.38. The minimum Gasteiger partial charge on any atom is -0.461 e. The van der Waals surface area contributed by atoms with Crippen LogP contribution in [0.15, 0.2) is 51.5 Å². The quantitative estimate of drug-likeness (QED) is 0.657. The van der Waals surface area contributed by atoms with Gasteiger partial charge in [-0.2, -0.15) is 0 Å². The molecule has 0 amide bonds. The lowest BCUT2D eigenvalue weighted by Crippen LogP contribution is -2.28. The van der Waals surface area contributed by atoms with Crippen LogP contribution in [-0.4, -0.2) is 18.4 Å². The molecule has 1 aromatic carbocycles. The number of carbonyl (C=O) groups excluding carboxylic acids is 2. The molecule has 2 aliphatic rings. The Balaban J connectivity index is 1.96. The molecule has 0 unspecified atom stereocenters. The maximum atomic E-state index is 12.9. The number of ketones is 1. The zero-order valence-electron chi connectivity index (χ0n) is 13.8. The molecular weight excluding hydrogens is 322 g/mol. The lowest BCUT2D eigenvalue weighted by Gasteiger charge is -2.24. The standard InChI is InChI=1S/C19H21NO3S/c1-2-23-19(22)16-18(17(21)13-9-5-3-6-10-13)24-15-12-8-4-7-11-14(15)20-16/h3,5-6,9-10,20H,2,4,7-8,11-12H2,1H3. The molecule has 0 atom stereocenters. The third kappa shape index (κ3) is 3.56. The normalized spacial score (nSPS) is 17.7. The zero-order chi connectivity index (χ0) is 16.9. The molecular formula is C19H21NO3S. The molecule has 3 rings (SSSR count). The summed E-state index contributed by atoms with van der Waals surface area (Å²) in [5.74, 6) is -0.591. The maximum absolute atomic E-state index is 12.9. The molecule has 5 heteroatoms. The Bertz CT molecular complexity index is 707. The van der Waals surface area contributed by atoms with Gasteiger partial charge in [0, 0.05) is 16.2 Å². The first-order valence-corrected chi connectivity index (χ1v) is 9.20. The summed E-state index contributed by atoms with van der Waals surface area (Å²) in [5.41, 5.74) is 1.95. The molecule has 24 heavy (non-hydrogen) atoms. The Morgan fingerprint density at radius 1 is 1.12 bits per heavy atom. The smallest absolute Gasteiger partial charge is 0.356 e. The number of rotatable bonds is 4. The van der Waals surface area contributed by atoms with E-state index in [0.29, 0.717) is 10.5 Å². The fourth-order valence-corrected chi connectivity index (χ4v) is 4.12. The van der Waals surface area contributed by atoms with Gasteiger partial charge in [0.2, 0.25) is 5.78 Å². The van der Waals surface area contributed by atoms with E-state index >= 15 is 0 Å². The number of esters is 1. The molecule has 0 fully saturated rings. The SMILES string of the molecule is CCOC(=O)C1=C(C(=O)c2ccccc2)SC2=C(CCCCC2)N1. The predicted octanol–water partition coefficient (Wildman–Crippen LogP) is 4.16. The summed E-state index contributed by atoms with van der Waals surface area (Å²) < 4.78 is 5.16. The maximum Gasteiger partial charge on any atom is 0.356 e. The van der Waals surface area contributed by atoms with Crippen molar-refractivity contribution in [3.63, 3.8) is 0 Å². The van der Waals surface area contributed by atoms with Crippen LogP contribution in [0, 0.1) is 0 Å². The molecule has 0 saturated carbocycles. The van der Waals surface area contributed by atoms with Gasteiger partial charge in [-0.15, -0.1) is 0 Å². The molecule has 0 radical (unpaired) electrons. The second-order valence-corrected chi connectivity index (χ2v) is 6.91. The number of hydrogen-bond donors (Lipinski definition) is 1. The van der Waals surface area contributed by atoms with Crippen LogP contribution in [0.2, 0.25) is 0 Å². The van der Waals surface area contributed by atoms with Gasteiger partial charge in [-0.1, -0.05) is 48.5 Å². The average Bonchev–Trinajstić information content (AvgIpc) is 2.85. The number of nitrogens with one attached hydrogen (secondary N) is 1. The summed E-state index contributed by atoms with van der Waals surface area (Å²) in [6.45, 7) is 2.05. The van der Waals surface area contributed by atoms with E-state index in [1.165, 1.54) is 23.1 Å². The third-order valence-electron chi connectivity index (χ3n) is 4.12. The van der Waals surface area contributed by atoms with Crippen LogP contribution in [0.3, 0.4) is 0 Å². The van der Waals surface area contributed by atoms with E-state index in [4.69, 9.17) is 4.74 Å². The average molecular weight is 343 g/mol. The molecule has 0 aromatic heterocycles. The van der Waals surface area contributed by atoms with Gasteiger partial charge in [-0.05, 0) is 32.6 Å². The fourth-order valence-electron chi connectivity index (χ4n) is 2.91. The number of carbonyl (C=O) groups is 2. The Morgan fingerprint density at radius 2 is 1.88 bits per heavy atom. The number of ether oxygens (including phenoxy) is 1. The van der Waals surface area contributed by atoms with Crippen LogP contribution < -0.4 is 5.32 Å². The van der Waals surface area contributed by atoms with E-state index in [-0.39, 0.29) is 18.1 Å². The van der Waals surface area contributed by atoms with E-state index < -0.39 is 5.97 Å². The van der Waals surface area contributed by atoms with Crippen molar-refractivity contribution in [3.05, 3.63) is 57.1 Å². The van der Waals surface area contributed by atoms with Crippen molar-refractivity contribution in [3.8, 4) is 0 Å². The van der Waals surface area contributed by atoms with Crippen LogP contribution in [0.5, 0.6) is 0 Å². The first-order chi connectivity index (χ1) is 11.7. The lowest BCUT2D eigenvalue weighted by atomic mass is 10.1. The molecule has 1 aromatic rings. The van der Waals surface area contributed by atoms with Crippen molar-refractivity contribution < 1.29 is 14.3 Å². The van der Waals surface area contributed by atoms with Gasteiger partial charge in [0.15, 0.2) is 0 Å². The molecule has 126 valence electrons. The van der Waals surface area contributed by atoms with Gasteiger partial charge in [-0.3, -0.25) is 4.79 Å². The van der Waals surface area contributed by atoms with Gasteiger partial charge in [0.25, 0.3) is 0 Å². The summed E-state index contributed by atoms with van der Waals surface area (Å²) in [7, 11) is 0. The highest BCUT2D eigenvalue weighted by atomic mass is 32.2. The van der Waals surface area contributed by atoms with Crippen molar-refractivity contribution >= 4 is 23.5 Å². The second-order valence-electron chi connectivity index (χ2n) is 5.81. The highest BCUT2D eigenvalue weighted by molar-refractivity contribution is 8.07. The molecule has 0 saturated heterocycles. The number of allylic oxidation sites excluding steroid dienone is 3. The summed E-state index contributed by atoms with van der Waals surface area (Å²) in [5, 5.41) is 3.22. The summed E-state index contributed by atoms with van der Waals surface area (Å²) in [6, 6.07) is 9.07. The van der Waals surface area contributed by atoms with Crippen LogP contribution in [-0.2, 0) is 9.53 Å². The van der Waals surface area contributed by atoms with Crippen molar-refractivity contribution in [2.24, 2.45) is 0 Å². The number of thioether (sulfide) groups is 1. The molecule has 1 aliphatic carbocycles. The molecule has 1 N–H and O–H groups in total. The molecule has 1 aliphatic heterocycles. The molecule has 0 spiro atoms. The minimum atomic E-state index is -0.458. The van der Waals surface area contributed by atoms with Gasteiger partial charge < -0.3 is 10.1 Å². The van der Waals surface area contributed by atoms with Crippen LogP contribution in [0.1, 0.15) is 49.4 Å². The molecule has 1 heterocycles. The summed E-state index contributed by atoms with van der Waals surface area (Å²) in [4.78, 5) is 26.9. The second kappa shape index (κ2) is 7.71. The van der Waals surface area contributed by atoms with Gasteiger partial charge in [-0.25, -0.2) is 4.79 Å². The minimum absolute atomic E-state index is 0.132. The monoisotopic (exact) mass is 343 g/mol. The highest BCUT2D eigenvalue weighted by Crippen LogP contribution is 2.41. The van der Waals surface area contributed by atoms with Gasteiger partial charge >= 0.3 is 5.97 Å².